The van der Waals surface area contributed by atoms with Gasteiger partial charge in [-0.2, -0.15) is 0 Å². The highest BCUT2D eigenvalue weighted by Gasteiger charge is 2.09. The van der Waals surface area contributed by atoms with Gasteiger partial charge in [-0.25, -0.2) is 0 Å². The van der Waals surface area contributed by atoms with Crippen LogP contribution >= 0.6 is 0 Å². The second-order valence-corrected chi connectivity index (χ2v) is 5.26. The third kappa shape index (κ3) is 4.75. The summed E-state index contributed by atoms with van der Waals surface area (Å²) in [5.74, 6) is 0.166. The van der Waals surface area contributed by atoms with Crippen molar-refractivity contribution >= 4 is 5.91 Å². The van der Waals surface area contributed by atoms with E-state index in [0.717, 1.165) is 18.5 Å². The highest BCUT2D eigenvalue weighted by atomic mass is 16.2. The summed E-state index contributed by atoms with van der Waals surface area (Å²) in [7, 11) is 1.87. The van der Waals surface area contributed by atoms with Gasteiger partial charge in [-0.1, -0.05) is 61.5 Å². The van der Waals surface area contributed by atoms with E-state index >= 15 is 0 Å². The Hall–Kier alpha value is -2.09. The van der Waals surface area contributed by atoms with Gasteiger partial charge < -0.3 is 4.90 Å². The van der Waals surface area contributed by atoms with Gasteiger partial charge in [0.25, 0.3) is 0 Å². The topological polar surface area (TPSA) is 20.3 Å². The van der Waals surface area contributed by atoms with Crippen LogP contribution in [0.3, 0.4) is 0 Å². The number of carbonyl (C=O) groups is 1. The van der Waals surface area contributed by atoms with Crippen molar-refractivity contribution in [1.82, 2.24) is 4.90 Å². The number of hydrogen-bond donors (Lipinski definition) is 0. The van der Waals surface area contributed by atoms with E-state index in [0.29, 0.717) is 6.42 Å². The number of likely N-dealkylation sites (N-methyl/N-ethyl adjacent to an activating group) is 1. The van der Waals surface area contributed by atoms with Crippen LogP contribution in [0, 0.1) is 6.42 Å². The first kappa shape index (κ1) is 15.3. The minimum atomic E-state index is 0.166. The largest absolute Gasteiger partial charge is 0.345 e. The highest BCUT2D eigenvalue weighted by molar-refractivity contribution is 5.78. The number of amides is 1. The molecule has 0 N–H and O–H groups in total. The molecule has 0 spiro atoms. The van der Waals surface area contributed by atoms with Gasteiger partial charge in [0.1, 0.15) is 0 Å². The standard InChI is InChI=1S/C19H22NO/c1-3-16-9-11-18(12-10-16)15-19(21)20(2)14-13-17-7-5-4-6-8-17/h3-12H,13-15H2,1-2H3. The maximum Gasteiger partial charge on any atom is 0.226 e. The summed E-state index contributed by atoms with van der Waals surface area (Å²) in [4.78, 5) is 14.0. The predicted molar refractivity (Wildman–Crippen MR) is 87.0 cm³/mol. The fraction of sp³-hybridized carbons (Fsp3) is 0.263. The first-order chi connectivity index (χ1) is 10.2. The zero-order valence-corrected chi connectivity index (χ0v) is 12.8. The van der Waals surface area contributed by atoms with Gasteiger partial charge in [-0.05, 0) is 29.5 Å². The molecule has 0 saturated heterocycles. The van der Waals surface area contributed by atoms with Crippen LogP contribution in [0.5, 0.6) is 0 Å². The number of hydrogen-bond acceptors (Lipinski definition) is 1. The molecule has 2 nitrogen and oxygen atoms in total. The van der Waals surface area contributed by atoms with E-state index in [1.165, 1.54) is 11.1 Å². The second-order valence-electron chi connectivity index (χ2n) is 5.26. The molecule has 0 unspecified atom stereocenters. The molecule has 21 heavy (non-hydrogen) atoms. The Balaban J connectivity index is 1.84. The van der Waals surface area contributed by atoms with Crippen LogP contribution in [0.15, 0.2) is 54.6 Å². The lowest BCUT2D eigenvalue weighted by Gasteiger charge is -2.17. The van der Waals surface area contributed by atoms with Crippen LogP contribution in [0.4, 0.5) is 0 Å². The predicted octanol–water partition coefficient (Wildman–Crippen LogP) is 3.50. The summed E-state index contributed by atoms with van der Waals surface area (Å²) in [6, 6.07) is 18.4. The van der Waals surface area contributed by atoms with Gasteiger partial charge in [-0.3, -0.25) is 4.79 Å². The lowest BCUT2D eigenvalue weighted by atomic mass is 10.1. The summed E-state index contributed by atoms with van der Waals surface area (Å²) < 4.78 is 0. The quantitative estimate of drug-likeness (QED) is 0.793. The molecule has 0 fully saturated rings. The Morgan fingerprint density at radius 3 is 2.29 bits per heavy atom. The van der Waals surface area contributed by atoms with Crippen molar-refractivity contribution in [1.29, 1.82) is 0 Å². The van der Waals surface area contributed by atoms with Gasteiger partial charge >= 0.3 is 0 Å². The molecule has 0 heterocycles. The van der Waals surface area contributed by atoms with E-state index < -0.39 is 0 Å². The van der Waals surface area contributed by atoms with Gasteiger partial charge in [0.05, 0.1) is 6.42 Å². The van der Waals surface area contributed by atoms with Gasteiger partial charge in [-0.15, -0.1) is 0 Å². The van der Waals surface area contributed by atoms with E-state index in [4.69, 9.17) is 0 Å². The molecule has 0 aliphatic heterocycles. The number of rotatable bonds is 6. The molecule has 2 aromatic carbocycles. The average Bonchev–Trinajstić information content (AvgIpc) is 2.54. The molecule has 0 aliphatic rings. The van der Waals surface area contributed by atoms with E-state index in [1.807, 2.05) is 61.3 Å². The third-order valence-electron chi connectivity index (χ3n) is 3.67. The molecule has 1 radical (unpaired) electrons. The maximum absolute atomic E-state index is 12.2. The highest BCUT2D eigenvalue weighted by Crippen LogP contribution is 2.08. The molecule has 2 rings (SSSR count). The monoisotopic (exact) mass is 280 g/mol. The van der Waals surface area contributed by atoms with Crippen molar-refractivity contribution in [3.05, 3.63) is 77.7 Å². The third-order valence-corrected chi connectivity index (χ3v) is 3.67. The maximum atomic E-state index is 12.2. The minimum absolute atomic E-state index is 0.166. The van der Waals surface area contributed by atoms with E-state index in [2.05, 4.69) is 18.6 Å². The molecule has 0 aromatic heterocycles. The molecule has 0 saturated carbocycles. The van der Waals surface area contributed by atoms with E-state index in [9.17, 15) is 4.79 Å². The van der Waals surface area contributed by atoms with Crippen molar-refractivity contribution in [2.75, 3.05) is 13.6 Å². The fourth-order valence-corrected chi connectivity index (χ4v) is 2.20. The minimum Gasteiger partial charge on any atom is -0.345 e. The van der Waals surface area contributed by atoms with Crippen LogP contribution in [0.2, 0.25) is 0 Å². The zero-order chi connectivity index (χ0) is 15.1. The molecule has 1 amide bonds. The van der Waals surface area contributed by atoms with Crippen molar-refractivity contribution in [2.45, 2.75) is 19.8 Å². The Morgan fingerprint density at radius 1 is 1.00 bits per heavy atom. The summed E-state index contributed by atoms with van der Waals surface area (Å²) in [5.41, 5.74) is 3.51. The molecule has 0 atom stereocenters. The molecule has 109 valence electrons. The smallest absolute Gasteiger partial charge is 0.226 e. The first-order valence-electron chi connectivity index (χ1n) is 7.35. The van der Waals surface area contributed by atoms with Crippen molar-refractivity contribution in [3.63, 3.8) is 0 Å². The fourth-order valence-electron chi connectivity index (χ4n) is 2.20. The summed E-state index contributed by atoms with van der Waals surface area (Å²) >= 11 is 0. The molecule has 0 aliphatic carbocycles. The Labute approximate surface area is 127 Å². The van der Waals surface area contributed by atoms with Crippen molar-refractivity contribution in [3.8, 4) is 0 Å². The van der Waals surface area contributed by atoms with Gasteiger partial charge in [0, 0.05) is 13.6 Å². The Morgan fingerprint density at radius 2 is 1.67 bits per heavy atom. The SMILES string of the molecule is C[CH]c1ccc(CC(=O)N(C)CCc2ccccc2)cc1. The van der Waals surface area contributed by atoms with Gasteiger partial charge in [0.15, 0.2) is 0 Å². The second kappa shape index (κ2) is 7.63. The lowest BCUT2D eigenvalue weighted by Crippen LogP contribution is -2.30. The summed E-state index contributed by atoms with van der Waals surface area (Å²) in [5, 5.41) is 0. The summed E-state index contributed by atoms with van der Waals surface area (Å²) in [6.07, 6.45) is 3.42. The number of benzene rings is 2. The Kier molecular flexibility index (Phi) is 5.56. The van der Waals surface area contributed by atoms with Crippen molar-refractivity contribution in [2.24, 2.45) is 0 Å². The normalized spacial score (nSPS) is 10.4. The molecule has 0 bridgehead atoms. The van der Waals surface area contributed by atoms with Crippen LogP contribution in [-0.2, 0) is 17.6 Å². The van der Waals surface area contributed by atoms with Crippen LogP contribution in [-0.4, -0.2) is 24.4 Å². The van der Waals surface area contributed by atoms with E-state index in [1.54, 1.807) is 0 Å². The lowest BCUT2D eigenvalue weighted by molar-refractivity contribution is -0.129. The first-order valence-corrected chi connectivity index (χ1v) is 7.35. The van der Waals surface area contributed by atoms with Crippen molar-refractivity contribution < 1.29 is 4.79 Å². The molecular weight excluding hydrogens is 258 g/mol. The summed E-state index contributed by atoms with van der Waals surface area (Å²) in [6.45, 7) is 2.77. The van der Waals surface area contributed by atoms with Crippen LogP contribution in [0.1, 0.15) is 23.6 Å². The number of nitrogens with zero attached hydrogens (tertiary/aromatic N) is 1. The number of carbonyl (C=O) groups excluding carboxylic acids is 1. The average molecular weight is 280 g/mol. The molecule has 2 aromatic rings. The van der Waals surface area contributed by atoms with E-state index in [-0.39, 0.29) is 5.91 Å². The van der Waals surface area contributed by atoms with Gasteiger partial charge in [0.2, 0.25) is 5.91 Å². The molecular formula is C19H22NO. The molecule has 2 heteroatoms. The zero-order valence-electron chi connectivity index (χ0n) is 12.8. The van der Waals surface area contributed by atoms with Crippen LogP contribution < -0.4 is 0 Å². The van der Waals surface area contributed by atoms with Crippen LogP contribution in [0.25, 0.3) is 0 Å². The Bertz CT molecular complexity index is 560.